The van der Waals surface area contributed by atoms with E-state index in [0.717, 1.165) is 15.7 Å². The zero-order valence-corrected chi connectivity index (χ0v) is 28.4. The largest absolute Gasteiger partial charge is 0.309 e. The van der Waals surface area contributed by atoms with Gasteiger partial charge in [0.05, 0.1) is 35.7 Å². The van der Waals surface area contributed by atoms with Crippen molar-refractivity contribution < 1.29 is 24.7 Å². The first kappa shape index (κ1) is 18.1. The zero-order chi connectivity index (χ0) is 52.0. The average Bonchev–Trinajstić information content (AvgIpc) is 3.75. The normalized spacial score (nSPS) is 16.2. The molecule has 11 aromatic rings. The van der Waals surface area contributed by atoms with E-state index in [1.165, 1.54) is 0 Å². The predicted molar refractivity (Wildman–Crippen MR) is 228 cm³/mol. The number of nitrogens with zero attached hydrogens (tertiary/aromatic N) is 4. The Hall–Kier alpha value is -7.43. The number of fused-ring (bicyclic) bond motifs is 3. The van der Waals surface area contributed by atoms with E-state index in [1.54, 1.807) is 42.5 Å². The summed E-state index contributed by atoms with van der Waals surface area (Å²) in [5, 5.41) is -1.28. The van der Waals surface area contributed by atoms with Crippen LogP contribution >= 0.6 is 0 Å². The molecule has 2 heterocycles. The van der Waals surface area contributed by atoms with Crippen LogP contribution < -0.4 is 0 Å². The molecule has 0 aliphatic carbocycles. The van der Waals surface area contributed by atoms with E-state index in [1.807, 2.05) is 42.5 Å². The number of hydrogen-bond donors (Lipinski definition) is 0. The van der Waals surface area contributed by atoms with Crippen molar-refractivity contribution in [2.45, 2.75) is 0 Å². The topological polar surface area (TPSA) is 43.6 Å². The zero-order valence-electron chi connectivity index (χ0n) is 46.4. The van der Waals surface area contributed by atoms with Crippen molar-refractivity contribution >= 4 is 43.4 Å². The van der Waals surface area contributed by atoms with Crippen molar-refractivity contribution in [3.63, 3.8) is 0 Å². The molecule has 0 radical (unpaired) electrons. The minimum Gasteiger partial charge on any atom is -0.309 e. The molecule has 4 heteroatoms. The van der Waals surface area contributed by atoms with Crippen LogP contribution in [0.5, 0.6) is 0 Å². The summed E-state index contributed by atoms with van der Waals surface area (Å²) in [5.74, 6) is 0.0197. The van der Waals surface area contributed by atoms with Gasteiger partial charge in [-0.3, -0.25) is 0 Å². The second kappa shape index (κ2) is 12.6. The van der Waals surface area contributed by atoms with E-state index in [9.17, 15) is 11.0 Å². The molecule has 0 atom stereocenters. The molecule has 2 aromatic heterocycles. The average molecular weight is 719 g/mol. The third-order valence-corrected chi connectivity index (χ3v) is 9.51. The van der Waals surface area contributed by atoms with Gasteiger partial charge in [0, 0.05) is 38.5 Å². The van der Waals surface area contributed by atoms with Crippen LogP contribution in [0.4, 0.5) is 0 Å². The lowest BCUT2D eigenvalue weighted by Gasteiger charge is -2.14. The molecular weight excluding hydrogens is 669 g/mol. The first-order chi connectivity index (χ1) is 34.8. The molecule has 11 rings (SSSR count). The monoisotopic (exact) mass is 718 g/mol. The summed E-state index contributed by atoms with van der Waals surface area (Å²) in [6, 6.07) is 12.1. The van der Waals surface area contributed by atoms with Crippen LogP contribution in [0.25, 0.3) is 105 Å². The second-order valence-electron chi connectivity index (χ2n) is 12.6. The van der Waals surface area contributed by atoms with Gasteiger partial charge >= 0.3 is 0 Å². The summed E-state index contributed by atoms with van der Waals surface area (Å²) in [6.07, 6.45) is 0. The lowest BCUT2D eigenvalue weighted by Crippen LogP contribution is -2.01. The number of benzene rings is 9. The highest BCUT2D eigenvalue weighted by Gasteiger charge is 2.24. The molecule has 0 N–H and O–H groups in total. The Labute approximate surface area is 343 Å². The maximum atomic E-state index is 9.99. The molecule has 0 amide bonds. The van der Waals surface area contributed by atoms with E-state index in [-0.39, 0.29) is 66.4 Å². The van der Waals surface area contributed by atoms with Gasteiger partial charge in [0.15, 0.2) is 17.5 Å². The molecule has 0 bridgehead atoms. The first-order valence-electron chi connectivity index (χ1n) is 26.2. The summed E-state index contributed by atoms with van der Waals surface area (Å²) < 4.78 is 165. The van der Waals surface area contributed by atoms with Gasteiger partial charge in [0.2, 0.25) is 0 Å². The highest BCUT2D eigenvalue weighted by atomic mass is 15.0. The second-order valence-corrected chi connectivity index (χ2v) is 12.6. The maximum absolute atomic E-state index is 9.99. The maximum Gasteiger partial charge on any atom is 0.164 e. The molecule has 4 nitrogen and oxygen atoms in total. The highest BCUT2D eigenvalue weighted by Crippen LogP contribution is 2.47. The molecule has 0 saturated heterocycles. The molecule has 256 valence electrons. The molecular formula is C51H32N4. The Morgan fingerprint density at radius 2 is 0.909 bits per heavy atom. The van der Waals surface area contributed by atoms with Crippen molar-refractivity contribution in [2.24, 2.45) is 0 Å². The van der Waals surface area contributed by atoms with Gasteiger partial charge in [0.1, 0.15) is 0 Å². The van der Waals surface area contributed by atoms with Crippen molar-refractivity contribution in [1.82, 2.24) is 19.5 Å². The smallest absolute Gasteiger partial charge is 0.164 e. The summed E-state index contributed by atoms with van der Waals surface area (Å²) in [7, 11) is 0. The van der Waals surface area contributed by atoms with E-state index >= 15 is 0 Å². The summed E-state index contributed by atoms with van der Waals surface area (Å²) in [4.78, 5) is 14.6. The summed E-state index contributed by atoms with van der Waals surface area (Å²) in [5.41, 5.74) is -0.110. The Balaban J connectivity index is 1.36. The lowest BCUT2D eigenvalue weighted by molar-refractivity contribution is 1.08. The van der Waals surface area contributed by atoms with Crippen LogP contribution in [0.1, 0.15) is 24.7 Å². The van der Waals surface area contributed by atoms with Crippen LogP contribution in [0.2, 0.25) is 0 Å². The molecule has 0 saturated carbocycles. The van der Waals surface area contributed by atoms with Crippen molar-refractivity contribution in [2.75, 3.05) is 0 Å². The Kier molecular flexibility index (Phi) is 4.14. The van der Waals surface area contributed by atoms with E-state index in [4.69, 9.17) is 28.7 Å². The highest BCUT2D eigenvalue weighted by molar-refractivity contribution is 6.36. The third kappa shape index (κ3) is 5.11. The van der Waals surface area contributed by atoms with Crippen LogP contribution in [-0.4, -0.2) is 19.5 Å². The Morgan fingerprint density at radius 3 is 1.67 bits per heavy atom. The van der Waals surface area contributed by atoms with Gasteiger partial charge in [0.25, 0.3) is 0 Å². The van der Waals surface area contributed by atoms with Crippen molar-refractivity contribution in [3.05, 3.63) is 194 Å². The molecule has 0 aliphatic rings. The number of aromatic nitrogens is 4. The number of hydrogen-bond acceptors (Lipinski definition) is 3. The van der Waals surface area contributed by atoms with Crippen LogP contribution in [-0.2, 0) is 0 Å². The van der Waals surface area contributed by atoms with Crippen molar-refractivity contribution in [3.8, 4) is 62.1 Å². The Bertz CT molecular complexity index is 4190. The lowest BCUT2D eigenvalue weighted by atomic mass is 9.91. The van der Waals surface area contributed by atoms with Crippen LogP contribution in [0, 0.1) is 0 Å². The van der Waals surface area contributed by atoms with Gasteiger partial charge in [-0.2, -0.15) is 0 Å². The van der Waals surface area contributed by atoms with E-state index < -0.39 is 126 Å². The summed E-state index contributed by atoms with van der Waals surface area (Å²) in [6.45, 7) is 0. The van der Waals surface area contributed by atoms with Gasteiger partial charge in [-0.25, -0.2) is 15.0 Å². The van der Waals surface area contributed by atoms with E-state index in [0.29, 0.717) is 11.1 Å². The fraction of sp³-hybridized carbons (Fsp3) is 0. The SMILES string of the molecule is [2H]c1c([2H])c([2H])c(-c2c([2H])c([2H])c([2H])c(-n3c4c([2H])c([2H])c([2H])c5c6c([2H])c([2H])c([2H])c([2H])c6c6c(-c7nc(-c8ccccc8)nc(-c8ccc(-c9ccccc9)cc8)n7)c([2H])c([2H])c3c6c54)c2[2H])c([2H])c1[2H]. The van der Waals surface area contributed by atoms with Gasteiger partial charge in [-0.1, -0.05) is 163 Å². The molecule has 0 unspecified atom stereocenters. The molecule has 0 spiro atoms. The van der Waals surface area contributed by atoms with Gasteiger partial charge in [-0.15, -0.1) is 0 Å². The first-order valence-corrected chi connectivity index (χ1v) is 17.2. The quantitative estimate of drug-likeness (QED) is 0.161. The number of rotatable bonds is 6. The van der Waals surface area contributed by atoms with Gasteiger partial charge < -0.3 is 4.57 Å². The molecule has 9 aromatic carbocycles. The fourth-order valence-electron chi connectivity index (χ4n) is 7.06. The van der Waals surface area contributed by atoms with Gasteiger partial charge in [-0.05, 0) is 68.6 Å². The molecule has 55 heavy (non-hydrogen) atoms. The molecule has 0 aliphatic heterocycles. The van der Waals surface area contributed by atoms with Crippen LogP contribution in [0.15, 0.2) is 194 Å². The molecule has 0 fully saturated rings. The van der Waals surface area contributed by atoms with Crippen molar-refractivity contribution in [1.29, 1.82) is 0 Å². The fourth-order valence-corrected chi connectivity index (χ4v) is 7.06. The third-order valence-electron chi connectivity index (χ3n) is 9.51. The minimum atomic E-state index is -0.895. The minimum absolute atomic E-state index is 0.118. The Morgan fingerprint density at radius 1 is 0.364 bits per heavy atom. The van der Waals surface area contributed by atoms with E-state index in [2.05, 4.69) is 0 Å². The van der Waals surface area contributed by atoms with Crippen LogP contribution in [0.3, 0.4) is 0 Å². The summed E-state index contributed by atoms with van der Waals surface area (Å²) >= 11 is 0. The predicted octanol–water partition coefficient (Wildman–Crippen LogP) is 13.0. The standard InChI is InChI=1S/C51H32N4/c1-4-14-33(15-5-1)35-26-28-37(29-27-35)50-52-49(36-18-8-3-9-19-36)53-51(54-50)43-30-31-45-48-46(43)41-23-11-10-22-40(41)42-24-13-25-44(47(42)48)55(45)39-21-12-20-38(32-39)34-16-6-2-7-17-34/h1-32H/i2D,6D,7D,10D,11D,12D,13D,16D,17D,20D,21D,22D,23D,24D,25D,30D,31D,32D.